The number of amides is 1. The van der Waals surface area contributed by atoms with Gasteiger partial charge >= 0.3 is 6.09 Å². The van der Waals surface area contributed by atoms with Crippen molar-refractivity contribution in [2.24, 2.45) is 0 Å². The molecular weight excluding hydrogens is 422 g/mol. The van der Waals surface area contributed by atoms with Gasteiger partial charge in [-0.1, -0.05) is 0 Å². The molecule has 30 heavy (non-hydrogen) atoms. The first-order valence-corrected chi connectivity index (χ1v) is 11.6. The summed E-state index contributed by atoms with van der Waals surface area (Å²) in [6.45, 7) is 9.71. The number of ether oxygens (including phenoxy) is 6. The van der Waals surface area contributed by atoms with Crippen LogP contribution in [0.4, 0.5) is 4.79 Å². The molecule has 0 saturated heterocycles. The monoisotopic (exact) mass is 459 g/mol. The molecule has 1 amide bonds. The van der Waals surface area contributed by atoms with E-state index in [2.05, 4.69) is 9.50 Å². The van der Waals surface area contributed by atoms with E-state index in [4.69, 9.17) is 28.4 Å². The average Bonchev–Trinajstić information content (AvgIpc) is 2.61. The predicted octanol–water partition coefficient (Wildman–Crippen LogP) is 0.570. The minimum atomic E-state index is -3.42. The van der Waals surface area contributed by atoms with E-state index in [9.17, 15) is 13.2 Å². The molecule has 0 saturated carbocycles. The van der Waals surface area contributed by atoms with Gasteiger partial charge in [-0.3, -0.25) is 4.18 Å². The number of alkyl carbamates (subject to hydrolysis) is 1. The third-order valence-electron chi connectivity index (χ3n) is 2.93. The lowest BCUT2D eigenvalue weighted by molar-refractivity contribution is -0.0125. The van der Waals surface area contributed by atoms with E-state index in [0.717, 1.165) is 6.26 Å². The van der Waals surface area contributed by atoms with Crippen LogP contribution >= 0.6 is 0 Å². The Bertz CT molecular complexity index is 522. The van der Waals surface area contributed by atoms with Crippen molar-refractivity contribution < 1.29 is 45.8 Å². The van der Waals surface area contributed by atoms with Crippen LogP contribution in [0.2, 0.25) is 0 Å². The Balaban J connectivity index is 3.17. The lowest BCUT2D eigenvalue weighted by atomic mass is 10.2. The van der Waals surface area contributed by atoms with E-state index in [0.29, 0.717) is 66.0 Å². The summed E-state index contributed by atoms with van der Waals surface area (Å²) in [6.07, 6.45) is 0.527. The SMILES string of the molecule is CC(C)(C)OC(=O)NCCOCCOCCOCCOCCOCCOS(C)(=O)=O. The molecule has 0 aliphatic carbocycles. The van der Waals surface area contributed by atoms with Gasteiger partial charge in [0, 0.05) is 6.54 Å². The second-order valence-electron chi connectivity index (χ2n) is 7.02. The van der Waals surface area contributed by atoms with Gasteiger partial charge in [-0.15, -0.1) is 0 Å². The fourth-order valence-electron chi connectivity index (χ4n) is 1.77. The van der Waals surface area contributed by atoms with Crippen molar-refractivity contribution >= 4 is 16.2 Å². The summed E-state index contributed by atoms with van der Waals surface area (Å²) in [6, 6.07) is 0. The normalized spacial score (nSPS) is 12.1. The predicted molar refractivity (Wildman–Crippen MR) is 109 cm³/mol. The van der Waals surface area contributed by atoms with E-state index in [1.807, 2.05) is 0 Å². The molecule has 0 aliphatic rings. The van der Waals surface area contributed by atoms with Gasteiger partial charge < -0.3 is 33.7 Å². The molecule has 0 bridgehead atoms. The number of hydrogen-bond donors (Lipinski definition) is 1. The zero-order valence-corrected chi connectivity index (χ0v) is 19.3. The van der Waals surface area contributed by atoms with Gasteiger partial charge in [-0.25, -0.2) is 4.79 Å². The van der Waals surface area contributed by atoms with Gasteiger partial charge in [0.15, 0.2) is 0 Å². The van der Waals surface area contributed by atoms with E-state index < -0.39 is 21.8 Å². The Morgan fingerprint density at radius 1 is 0.700 bits per heavy atom. The molecule has 0 aromatic heterocycles. The summed E-state index contributed by atoms with van der Waals surface area (Å²) in [5.74, 6) is 0. The fourth-order valence-corrected chi connectivity index (χ4v) is 2.14. The number of carbonyl (C=O) groups is 1. The maximum atomic E-state index is 11.4. The molecule has 0 radical (unpaired) electrons. The molecule has 12 heteroatoms. The van der Waals surface area contributed by atoms with Crippen molar-refractivity contribution in [1.82, 2.24) is 5.32 Å². The van der Waals surface area contributed by atoms with Gasteiger partial charge in [0.25, 0.3) is 10.1 Å². The standard InChI is InChI=1S/C18H37NO10S/c1-18(2,3)29-17(20)19-5-6-23-7-8-24-9-10-25-11-12-26-13-14-27-15-16-28-30(4,21)22/h5-16H2,1-4H3,(H,19,20). The Labute approximate surface area is 179 Å². The first-order valence-electron chi connectivity index (χ1n) is 9.80. The maximum absolute atomic E-state index is 11.4. The Hall–Kier alpha value is -1.02. The molecule has 0 unspecified atom stereocenters. The lowest BCUT2D eigenvalue weighted by Crippen LogP contribution is -2.34. The van der Waals surface area contributed by atoms with Crippen LogP contribution in [0.1, 0.15) is 20.8 Å². The lowest BCUT2D eigenvalue weighted by Gasteiger charge is -2.19. The van der Waals surface area contributed by atoms with Gasteiger partial charge in [0.2, 0.25) is 0 Å². The van der Waals surface area contributed by atoms with E-state index >= 15 is 0 Å². The summed E-state index contributed by atoms with van der Waals surface area (Å²) >= 11 is 0. The van der Waals surface area contributed by atoms with Gasteiger partial charge in [-0.2, -0.15) is 8.42 Å². The van der Waals surface area contributed by atoms with Crippen molar-refractivity contribution in [2.45, 2.75) is 26.4 Å². The molecule has 0 atom stereocenters. The minimum Gasteiger partial charge on any atom is -0.444 e. The van der Waals surface area contributed by atoms with Gasteiger partial charge in [-0.05, 0) is 20.8 Å². The summed E-state index contributed by atoms with van der Waals surface area (Å²) in [5, 5.41) is 2.60. The van der Waals surface area contributed by atoms with E-state index in [1.54, 1.807) is 20.8 Å². The highest BCUT2D eigenvalue weighted by atomic mass is 32.2. The smallest absolute Gasteiger partial charge is 0.407 e. The fraction of sp³-hybridized carbons (Fsp3) is 0.944. The average molecular weight is 460 g/mol. The number of hydrogen-bond acceptors (Lipinski definition) is 10. The summed E-state index contributed by atoms with van der Waals surface area (Å²) in [4.78, 5) is 11.4. The summed E-state index contributed by atoms with van der Waals surface area (Å²) < 4.78 is 57.5. The number of nitrogens with one attached hydrogen (secondary N) is 1. The Morgan fingerprint density at radius 2 is 1.07 bits per heavy atom. The topological polar surface area (TPSA) is 128 Å². The van der Waals surface area contributed by atoms with Crippen LogP contribution in [0.3, 0.4) is 0 Å². The van der Waals surface area contributed by atoms with Gasteiger partial charge in [0.1, 0.15) is 5.60 Å². The molecule has 0 aromatic carbocycles. The molecule has 0 fully saturated rings. The van der Waals surface area contributed by atoms with Crippen LogP contribution in [-0.2, 0) is 42.7 Å². The van der Waals surface area contributed by atoms with Crippen LogP contribution in [0.15, 0.2) is 0 Å². The van der Waals surface area contributed by atoms with Crippen LogP contribution in [0, 0.1) is 0 Å². The molecule has 180 valence electrons. The van der Waals surface area contributed by atoms with Crippen LogP contribution < -0.4 is 5.32 Å². The largest absolute Gasteiger partial charge is 0.444 e. The quantitative estimate of drug-likeness (QED) is 0.216. The molecular formula is C18H37NO10S. The molecule has 0 spiro atoms. The third kappa shape index (κ3) is 25.0. The van der Waals surface area contributed by atoms with Crippen molar-refractivity contribution in [3.8, 4) is 0 Å². The molecule has 0 aliphatic heterocycles. The summed E-state index contributed by atoms with van der Waals surface area (Å²) in [7, 11) is -3.42. The Morgan fingerprint density at radius 3 is 1.43 bits per heavy atom. The second-order valence-corrected chi connectivity index (χ2v) is 8.66. The molecule has 11 nitrogen and oxygen atoms in total. The zero-order valence-electron chi connectivity index (χ0n) is 18.5. The van der Waals surface area contributed by atoms with Crippen molar-refractivity contribution in [2.75, 3.05) is 85.5 Å². The van der Waals surface area contributed by atoms with Crippen LogP contribution in [-0.4, -0.2) is 106 Å². The minimum absolute atomic E-state index is 0.00401. The highest BCUT2D eigenvalue weighted by molar-refractivity contribution is 7.85. The highest BCUT2D eigenvalue weighted by Gasteiger charge is 2.15. The number of rotatable bonds is 19. The van der Waals surface area contributed by atoms with Crippen LogP contribution in [0.25, 0.3) is 0 Å². The maximum Gasteiger partial charge on any atom is 0.407 e. The van der Waals surface area contributed by atoms with Crippen molar-refractivity contribution in [3.63, 3.8) is 0 Å². The van der Waals surface area contributed by atoms with Crippen molar-refractivity contribution in [3.05, 3.63) is 0 Å². The van der Waals surface area contributed by atoms with E-state index in [-0.39, 0.29) is 13.2 Å². The third-order valence-corrected chi connectivity index (χ3v) is 3.52. The Kier molecular flexibility index (Phi) is 17.0. The van der Waals surface area contributed by atoms with Crippen LogP contribution in [0.5, 0.6) is 0 Å². The molecule has 0 rings (SSSR count). The van der Waals surface area contributed by atoms with E-state index in [1.165, 1.54) is 0 Å². The molecule has 1 N–H and O–H groups in total. The summed E-state index contributed by atoms with van der Waals surface area (Å²) in [5.41, 5.74) is -0.514. The van der Waals surface area contributed by atoms with Gasteiger partial charge in [0.05, 0.1) is 78.9 Å². The molecule has 0 aromatic rings. The first kappa shape index (κ1) is 29.0. The first-order chi connectivity index (χ1) is 14.1. The highest BCUT2D eigenvalue weighted by Crippen LogP contribution is 2.05. The van der Waals surface area contributed by atoms with Crippen molar-refractivity contribution in [1.29, 1.82) is 0 Å². The molecule has 0 heterocycles. The zero-order chi connectivity index (χ0) is 22.7. The number of carbonyl (C=O) groups excluding carboxylic acids is 1. The second kappa shape index (κ2) is 17.6.